The van der Waals surface area contributed by atoms with E-state index in [1.807, 2.05) is 18.2 Å². The first-order chi connectivity index (χ1) is 9.35. The molecule has 0 aliphatic carbocycles. The van der Waals surface area contributed by atoms with Crippen LogP contribution in [0, 0.1) is 0 Å². The number of hydrogen-bond donors (Lipinski definition) is 1. The van der Waals surface area contributed by atoms with Gasteiger partial charge in [0.2, 0.25) is 0 Å². The van der Waals surface area contributed by atoms with Gasteiger partial charge >= 0.3 is 0 Å². The van der Waals surface area contributed by atoms with Gasteiger partial charge in [0.25, 0.3) is 0 Å². The highest BCUT2D eigenvalue weighted by molar-refractivity contribution is 9.11. The van der Waals surface area contributed by atoms with Gasteiger partial charge in [-0.1, -0.05) is 31.9 Å². The van der Waals surface area contributed by atoms with Crippen LogP contribution >= 0.6 is 31.9 Å². The van der Waals surface area contributed by atoms with Crippen molar-refractivity contribution in [2.24, 2.45) is 0 Å². The molecule has 2 aromatic rings. The van der Waals surface area contributed by atoms with Crippen molar-refractivity contribution in [1.82, 2.24) is 10.3 Å². The molecule has 1 N–H and O–H groups in total. The maximum Gasteiger partial charge on any atom is 0.196 e. The topological polar surface area (TPSA) is 38.1 Å². The van der Waals surface area contributed by atoms with E-state index < -0.39 is 0 Å². The summed E-state index contributed by atoms with van der Waals surface area (Å²) in [5.74, 6) is 1.53. The van der Waals surface area contributed by atoms with Crippen LogP contribution in [0.4, 0.5) is 0 Å². The summed E-state index contributed by atoms with van der Waals surface area (Å²) < 4.78 is 7.83. The maximum atomic E-state index is 5.82. The quantitative estimate of drug-likeness (QED) is 0.799. The molecule has 0 atom stereocenters. The minimum Gasteiger partial charge on any atom is -0.441 e. The fourth-order valence-corrected chi connectivity index (χ4v) is 2.58. The summed E-state index contributed by atoms with van der Waals surface area (Å²) in [5, 5.41) is 3.42. The second-order valence-corrected chi connectivity index (χ2v) is 7.44. The number of rotatable bonds is 4. The van der Waals surface area contributed by atoms with E-state index in [4.69, 9.17) is 4.42 Å². The summed E-state index contributed by atoms with van der Waals surface area (Å²) in [6.07, 6.45) is 2.56. The highest BCUT2D eigenvalue weighted by atomic mass is 79.9. The van der Waals surface area contributed by atoms with Gasteiger partial charge in [-0.3, -0.25) is 0 Å². The number of halogens is 2. The summed E-state index contributed by atoms with van der Waals surface area (Å²) in [6.45, 7) is 7.29. The van der Waals surface area contributed by atoms with Crippen molar-refractivity contribution < 1.29 is 4.42 Å². The Morgan fingerprint density at radius 2 is 2.00 bits per heavy atom. The van der Waals surface area contributed by atoms with Gasteiger partial charge in [-0.05, 0) is 39.0 Å². The first-order valence-electron chi connectivity index (χ1n) is 6.50. The fraction of sp³-hybridized carbons (Fsp3) is 0.400. The second kappa shape index (κ2) is 6.41. The van der Waals surface area contributed by atoms with Crippen LogP contribution in [0.3, 0.4) is 0 Å². The van der Waals surface area contributed by atoms with E-state index >= 15 is 0 Å². The Morgan fingerprint density at radius 1 is 1.25 bits per heavy atom. The van der Waals surface area contributed by atoms with E-state index in [2.05, 4.69) is 62.9 Å². The van der Waals surface area contributed by atoms with Gasteiger partial charge in [0.1, 0.15) is 0 Å². The molecule has 0 bridgehead atoms. The molecular weight excluding hydrogens is 384 g/mol. The number of oxazole rings is 1. The number of nitrogens with zero attached hydrogens (tertiary/aromatic N) is 1. The van der Waals surface area contributed by atoms with Crippen LogP contribution in [-0.4, -0.2) is 17.1 Å². The van der Waals surface area contributed by atoms with Gasteiger partial charge in [-0.25, -0.2) is 4.98 Å². The molecule has 20 heavy (non-hydrogen) atoms. The molecule has 1 aromatic carbocycles. The Labute approximate surface area is 136 Å². The lowest BCUT2D eigenvalue weighted by Crippen LogP contribution is -2.37. The molecule has 0 fully saturated rings. The molecule has 1 heterocycles. The average Bonchev–Trinajstić information content (AvgIpc) is 2.79. The smallest absolute Gasteiger partial charge is 0.196 e. The summed E-state index contributed by atoms with van der Waals surface area (Å²) in [4.78, 5) is 4.34. The number of hydrogen-bond acceptors (Lipinski definition) is 3. The Balaban J connectivity index is 2.07. The van der Waals surface area contributed by atoms with Crippen LogP contribution in [0.1, 0.15) is 26.7 Å². The third-order valence-electron chi connectivity index (χ3n) is 2.74. The molecular formula is C15H18Br2N2O. The zero-order chi connectivity index (χ0) is 14.8. The van der Waals surface area contributed by atoms with Gasteiger partial charge in [-0.15, -0.1) is 0 Å². The van der Waals surface area contributed by atoms with Crippen LogP contribution in [0.25, 0.3) is 11.3 Å². The summed E-state index contributed by atoms with van der Waals surface area (Å²) in [6, 6.07) is 5.99. The largest absolute Gasteiger partial charge is 0.441 e. The molecule has 3 nitrogen and oxygen atoms in total. The van der Waals surface area contributed by atoms with Crippen molar-refractivity contribution >= 4 is 31.9 Å². The minimum atomic E-state index is 0.114. The van der Waals surface area contributed by atoms with E-state index in [-0.39, 0.29) is 5.54 Å². The van der Waals surface area contributed by atoms with Gasteiger partial charge in [0.05, 0.1) is 6.20 Å². The van der Waals surface area contributed by atoms with Gasteiger partial charge in [0, 0.05) is 33.0 Å². The van der Waals surface area contributed by atoms with Crippen molar-refractivity contribution in [3.8, 4) is 11.3 Å². The Kier molecular flexibility index (Phi) is 5.04. The third kappa shape index (κ3) is 4.43. The normalized spacial score (nSPS) is 11.8. The van der Waals surface area contributed by atoms with Crippen molar-refractivity contribution in [3.05, 3.63) is 39.2 Å². The number of nitrogens with one attached hydrogen (secondary N) is 1. The average molecular weight is 402 g/mol. The minimum absolute atomic E-state index is 0.114. The standard InChI is InChI=1S/C15H18Br2N2O/c1-15(2,3)19-7-6-14-18-9-13(20-14)11-8-10(16)4-5-12(11)17/h4-5,8-9,19H,6-7H2,1-3H3. The Bertz CT molecular complexity index is 588. The molecule has 0 radical (unpaired) electrons. The van der Waals surface area contributed by atoms with E-state index in [9.17, 15) is 0 Å². The molecule has 0 saturated carbocycles. The van der Waals surface area contributed by atoms with Gasteiger partial charge in [-0.2, -0.15) is 0 Å². The van der Waals surface area contributed by atoms with Crippen molar-refractivity contribution in [2.45, 2.75) is 32.7 Å². The molecule has 5 heteroatoms. The van der Waals surface area contributed by atoms with Crippen LogP contribution in [0.5, 0.6) is 0 Å². The zero-order valence-corrected chi connectivity index (χ0v) is 15.0. The monoisotopic (exact) mass is 400 g/mol. The van der Waals surface area contributed by atoms with E-state index in [0.717, 1.165) is 39.1 Å². The molecule has 0 unspecified atom stereocenters. The van der Waals surface area contributed by atoms with Crippen molar-refractivity contribution in [3.63, 3.8) is 0 Å². The second-order valence-electron chi connectivity index (χ2n) is 5.67. The van der Waals surface area contributed by atoms with E-state index in [0.29, 0.717) is 0 Å². The molecule has 0 aliphatic heterocycles. The highest BCUT2D eigenvalue weighted by Gasteiger charge is 2.12. The summed E-state index contributed by atoms with van der Waals surface area (Å²) in [5.41, 5.74) is 1.12. The molecule has 2 rings (SSSR count). The Hall–Kier alpha value is -0.650. The van der Waals surface area contributed by atoms with Gasteiger partial charge < -0.3 is 9.73 Å². The predicted molar refractivity (Wildman–Crippen MR) is 88.8 cm³/mol. The highest BCUT2D eigenvalue weighted by Crippen LogP contribution is 2.31. The fourth-order valence-electron chi connectivity index (χ4n) is 1.78. The number of aromatic nitrogens is 1. The van der Waals surface area contributed by atoms with Gasteiger partial charge in [0.15, 0.2) is 11.7 Å². The van der Waals surface area contributed by atoms with Crippen LogP contribution in [-0.2, 0) is 6.42 Å². The van der Waals surface area contributed by atoms with Crippen LogP contribution in [0.2, 0.25) is 0 Å². The van der Waals surface area contributed by atoms with Crippen molar-refractivity contribution in [2.75, 3.05) is 6.54 Å². The van der Waals surface area contributed by atoms with E-state index in [1.54, 1.807) is 6.20 Å². The molecule has 108 valence electrons. The third-order valence-corrected chi connectivity index (χ3v) is 3.93. The Morgan fingerprint density at radius 3 is 2.70 bits per heavy atom. The summed E-state index contributed by atoms with van der Waals surface area (Å²) >= 11 is 7.01. The first kappa shape index (κ1) is 15.7. The van der Waals surface area contributed by atoms with Crippen LogP contribution in [0.15, 0.2) is 37.8 Å². The first-order valence-corrected chi connectivity index (χ1v) is 8.09. The SMILES string of the molecule is CC(C)(C)NCCc1ncc(-c2cc(Br)ccc2Br)o1. The molecule has 1 aromatic heterocycles. The molecule has 0 aliphatic rings. The van der Waals surface area contributed by atoms with E-state index in [1.165, 1.54) is 0 Å². The zero-order valence-electron chi connectivity index (χ0n) is 11.8. The predicted octanol–water partition coefficient (Wildman–Crippen LogP) is 4.80. The number of benzene rings is 1. The maximum absolute atomic E-state index is 5.82. The lowest BCUT2D eigenvalue weighted by atomic mass is 10.1. The van der Waals surface area contributed by atoms with Crippen LogP contribution < -0.4 is 5.32 Å². The lowest BCUT2D eigenvalue weighted by molar-refractivity contribution is 0.412. The lowest BCUT2D eigenvalue weighted by Gasteiger charge is -2.19. The molecule has 0 saturated heterocycles. The summed E-state index contributed by atoms with van der Waals surface area (Å²) in [7, 11) is 0. The molecule has 0 spiro atoms. The molecule has 0 amide bonds. The van der Waals surface area contributed by atoms with Crippen molar-refractivity contribution in [1.29, 1.82) is 0 Å².